The standard InChI is InChI=1S/C17H26N4O5S/c1-11-14(16(23)20-17(24)18-11)27(25,26)21-9-5-6-12(10-21)15(22)19-13-7-3-2-4-8-13/h12-13H,2-10H2,1H3,(H,19,22)(H2,18,20,23,24). The first-order valence-electron chi connectivity index (χ1n) is 9.43. The topological polar surface area (TPSA) is 132 Å². The quantitative estimate of drug-likeness (QED) is 0.667. The van der Waals surface area contributed by atoms with E-state index in [4.69, 9.17) is 0 Å². The zero-order chi connectivity index (χ0) is 19.6. The number of carbonyl (C=O) groups excluding carboxylic acids is 1. The largest absolute Gasteiger partial charge is 0.353 e. The van der Waals surface area contributed by atoms with E-state index in [2.05, 4.69) is 10.3 Å². The Kier molecular flexibility index (Phi) is 5.85. The molecule has 0 spiro atoms. The average Bonchev–Trinajstić information content (AvgIpc) is 2.61. The lowest BCUT2D eigenvalue weighted by Crippen LogP contribution is -2.48. The van der Waals surface area contributed by atoms with Crippen molar-refractivity contribution in [3.63, 3.8) is 0 Å². The van der Waals surface area contributed by atoms with Crippen LogP contribution in [0.5, 0.6) is 0 Å². The van der Waals surface area contributed by atoms with Gasteiger partial charge in [-0.05, 0) is 32.6 Å². The molecular weight excluding hydrogens is 372 g/mol. The minimum atomic E-state index is -4.10. The fraction of sp³-hybridized carbons (Fsp3) is 0.706. The highest BCUT2D eigenvalue weighted by Gasteiger charge is 2.36. The molecule has 1 atom stereocenters. The molecule has 1 saturated carbocycles. The number of hydrogen-bond acceptors (Lipinski definition) is 5. The zero-order valence-electron chi connectivity index (χ0n) is 15.4. The molecule has 0 radical (unpaired) electrons. The molecule has 1 amide bonds. The summed E-state index contributed by atoms with van der Waals surface area (Å²) in [7, 11) is -4.10. The van der Waals surface area contributed by atoms with Crippen LogP contribution in [0.25, 0.3) is 0 Å². The van der Waals surface area contributed by atoms with Gasteiger partial charge in [0.25, 0.3) is 5.56 Å². The van der Waals surface area contributed by atoms with E-state index in [0.717, 1.165) is 25.7 Å². The summed E-state index contributed by atoms with van der Waals surface area (Å²) in [5, 5.41) is 3.05. The van der Waals surface area contributed by atoms with Gasteiger partial charge in [-0.25, -0.2) is 13.2 Å². The van der Waals surface area contributed by atoms with Crippen molar-refractivity contribution in [2.24, 2.45) is 5.92 Å². The van der Waals surface area contributed by atoms with Crippen molar-refractivity contribution >= 4 is 15.9 Å². The van der Waals surface area contributed by atoms with Crippen molar-refractivity contribution in [3.05, 3.63) is 26.5 Å². The lowest BCUT2D eigenvalue weighted by atomic mass is 9.93. The summed E-state index contributed by atoms with van der Waals surface area (Å²) >= 11 is 0. The molecule has 9 nitrogen and oxygen atoms in total. The summed E-state index contributed by atoms with van der Waals surface area (Å²) in [6.45, 7) is 1.66. The number of carbonyl (C=O) groups is 1. The number of H-pyrrole nitrogens is 2. The van der Waals surface area contributed by atoms with Crippen LogP contribution in [0.1, 0.15) is 50.6 Å². The summed E-state index contributed by atoms with van der Waals surface area (Å²) in [5.74, 6) is -0.550. The normalized spacial score (nSPS) is 22.5. The van der Waals surface area contributed by atoms with Crippen LogP contribution >= 0.6 is 0 Å². The van der Waals surface area contributed by atoms with Crippen LogP contribution in [0.2, 0.25) is 0 Å². The highest BCUT2D eigenvalue weighted by atomic mass is 32.2. The van der Waals surface area contributed by atoms with Crippen LogP contribution in [0.4, 0.5) is 0 Å². The second-order valence-electron chi connectivity index (χ2n) is 7.41. The number of piperidine rings is 1. The second-order valence-corrected chi connectivity index (χ2v) is 9.28. The molecule has 150 valence electrons. The maximum absolute atomic E-state index is 13.0. The Morgan fingerprint density at radius 1 is 1.07 bits per heavy atom. The van der Waals surface area contributed by atoms with Gasteiger partial charge in [-0.3, -0.25) is 14.6 Å². The van der Waals surface area contributed by atoms with E-state index < -0.39 is 32.1 Å². The third-order valence-corrected chi connectivity index (χ3v) is 7.40. The fourth-order valence-corrected chi connectivity index (χ4v) is 5.70. The Morgan fingerprint density at radius 3 is 2.44 bits per heavy atom. The minimum Gasteiger partial charge on any atom is -0.353 e. The van der Waals surface area contributed by atoms with Gasteiger partial charge in [0.2, 0.25) is 15.9 Å². The number of aryl methyl sites for hydroxylation is 1. The van der Waals surface area contributed by atoms with Gasteiger partial charge in [-0.15, -0.1) is 0 Å². The predicted molar refractivity (Wildman–Crippen MR) is 98.9 cm³/mol. The van der Waals surface area contributed by atoms with E-state index in [1.165, 1.54) is 17.6 Å². The molecule has 27 heavy (non-hydrogen) atoms. The molecule has 1 aromatic heterocycles. The van der Waals surface area contributed by atoms with Gasteiger partial charge in [0.1, 0.15) is 0 Å². The first-order valence-corrected chi connectivity index (χ1v) is 10.9. The number of rotatable bonds is 4. The molecule has 0 bridgehead atoms. The van der Waals surface area contributed by atoms with Gasteiger partial charge >= 0.3 is 5.69 Å². The number of hydrogen-bond donors (Lipinski definition) is 3. The average molecular weight is 398 g/mol. The highest BCUT2D eigenvalue weighted by molar-refractivity contribution is 7.89. The van der Waals surface area contributed by atoms with Gasteiger partial charge in [-0.2, -0.15) is 4.31 Å². The summed E-state index contributed by atoms with van der Waals surface area (Å²) in [6.07, 6.45) is 6.48. The van der Waals surface area contributed by atoms with Crippen molar-refractivity contribution in [1.29, 1.82) is 0 Å². The Bertz CT molecular complexity index is 914. The van der Waals surface area contributed by atoms with Gasteiger partial charge in [-0.1, -0.05) is 19.3 Å². The molecule has 1 aliphatic carbocycles. The monoisotopic (exact) mass is 398 g/mol. The summed E-state index contributed by atoms with van der Waals surface area (Å²) in [4.78, 5) is 39.8. The van der Waals surface area contributed by atoms with Crippen LogP contribution in [-0.2, 0) is 14.8 Å². The smallest absolute Gasteiger partial charge is 0.325 e. The highest BCUT2D eigenvalue weighted by Crippen LogP contribution is 2.24. The number of sulfonamides is 1. The number of amides is 1. The molecule has 3 N–H and O–H groups in total. The van der Waals surface area contributed by atoms with Crippen molar-refractivity contribution in [2.75, 3.05) is 13.1 Å². The summed E-state index contributed by atoms with van der Waals surface area (Å²) in [5.41, 5.74) is -1.69. The minimum absolute atomic E-state index is 0.00229. The molecule has 2 heterocycles. The van der Waals surface area contributed by atoms with Crippen molar-refractivity contribution in [2.45, 2.75) is 62.8 Å². The molecule has 2 aliphatic rings. The molecule has 2 fully saturated rings. The Labute approximate surface area is 157 Å². The lowest BCUT2D eigenvalue weighted by molar-refractivity contribution is -0.127. The van der Waals surface area contributed by atoms with Crippen molar-refractivity contribution < 1.29 is 13.2 Å². The molecule has 1 unspecified atom stereocenters. The number of nitrogens with zero attached hydrogens (tertiary/aromatic N) is 1. The molecule has 1 saturated heterocycles. The van der Waals surface area contributed by atoms with Crippen LogP contribution in [-0.4, -0.2) is 47.7 Å². The van der Waals surface area contributed by atoms with E-state index in [1.54, 1.807) is 0 Å². The van der Waals surface area contributed by atoms with Crippen LogP contribution in [0, 0.1) is 12.8 Å². The predicted octanol–water partition coefficient (Wildman–Crippen LogP) is 0.221. The molecule has 10 heteroatoms. The number of nitrogens with one attached hydrogen (secondary N) is 3. The van der Waals surface area contributed by atoms with E-state index in [0.29, 0.717) is 12.8 Å². The van der Waals surface area contributed by atoms with Gasteiger partial charge in [0, 0.05) is 24.8 Å². The van der Waals surface area contributed by atoms with Crippen LogP contribution < -0.4 is 16.6 Å². The van der Waals surface area contributed by atoms with Crippen molar-refractivity contribution in [1.82, 2.24) is 19.6 Å². The Hall–Kier alpha value is -1.94. The van der Waals surface area contributed by atoms with Crippen LogP contribution in [0.3, 0.4) is 0 Å². The molecule has 1 aromatic rings. The third kappa shape index (κ3) is 4.32. The number of aromatic amines is 2. The van der Waals surface area contributed by atoms with Gasteiger partial charge in [0.05, 0.1) is 5.92 Å². The van der Waals surface area contributed by atoms with Crippen LogP contribution in [0.15, 0.2) is 14.5 Å². The second kappa shape index (κ2) is 7.97. The van der Waals surface area contributed by atoms with E-state index in [1.807, 2.05) is 4.98 Å². The first kappa shape index (κ1) is 19.8. The summed E-state index contributed by atoms with van der Waals surface area (Å²) in [6, 6.07) is 0.169. The Balaban J connectivity index is 1.76. The summed E-state index contributed by atoms with van der Waals surface area (Å²) < 4.78 is 27.1. The fourth-order valence-electron chi connectivity index (χ4n) is 3.97. The lowest BCUT2D eigenvalue weighted by Gasteiger charge is -2.32. The van der Waals surface area contributed by atoms with Gasteiger partial charge in [0.15, 0.2) is 4.90 Å². The van der Waals surface area contributed by atoms with E-state index in [9.17, 15) is 22.8 Å². The number of aromatic nitrogens is 2. The zero-order valence-corrected chi connectivity index (χ0v) is 16.2. The first-order chi connectivity index (χ1) is 12.8. The molecule has 1 aliphatic heterocycles. The Morgan fingerprint density at radius 2 is 1.78 bits per heavy atom. The van der Waals surface area contributed by atoms with E-state index >= 15 is 0 Å². The van der Waals surface area contributed by atoms with E-state index in [-0.39, 0.29) is 30.7 Å². The van der Waals surface area contributed by atoms with Crippen molar-refractivity contribution in [3.8, 4) is 0 Å². The molecular formula is C17H26N4O5S. The maximum Gasteiger partial charge on any atom is 0.325 e. The third-order valence-electron chi connectivity index (χ3n) is 5.38. The maximum atomic E-state index is 13.0. The SMILES string of the molecule is Cc1[nH]c(=O)[nH]c(=O)c1S(=O)(=O)N1CCCC(C(=O)NC2CCCCC2)C1. The molecule has 3 rings (SSSR count). The van der Waals surface area contributed by atoms with Gasteiger partial charge < -0.3 is 10.3 Å². The molecule has 0 aromatic carbocycles.